The van der Waals surface area contributed by atoms with E-state index in [9.17, 15) is 0 Å². The molecule has 84 valence electrons. The summed E-state index contributed by atoms with van der Waals surface area (Å²) < 4.78 is 5.72. The first-order valence-corrected chi connectivity index (χ1v) is 6.50. The summed E-state index contributed by atoms with van der Waals surface area (Å²) in [6.07, 6.45) is 7.37. The molecule has 0 amide bonds. The van der Waals surface area contributed by atoms with Gasteiger partial charge in [-0.05, 0) is 25.7 Å². The van der Waals surface area contributed by atoms with Gasteiger partial charge in [0.25, 0.3) is 0 Å². The van der Waals surface area contributed by atoms with Crippen LogP contribution >= 0.6 is 11.3 Å². The summed E-state index contributed by atoms with van der Waals surface area (Å²) in [5, 5.41) is 4.30. The molecule has 1 heterocycles. The lowest BCUT2D eigenvalue weighted by atomic mass is 9.96. The van der Waals surface area contributed by atoms with Crippen molar-refractivity contribution in [2.75, 3.05) is 11.9 Å². The van der Waals surface area contributed by atoms with E-state index in [1.54, 1.807) is 11.3 Å². The lowest BCUT2D eigenvalue weighted by Gasteiger charge is -2.24. The maximum Gasteiger partial charge on any atom is 0.182 e. The molecule has 1 aliphatic carbocycles. The van der Waals surface area contributed by atoms with Crippen molar-refractivity contribution >= 4 is 16.5 Å². The van der Waals surface area contributed by atoms with Gasteiger partial charge in [-0.15, -0.1) is 0 Å². The van der Waals surface area contributed by atoms with Gasteiger partial charge in [-0.25, -0.2) is 4.98 Å². The van der Waals surface area contributed by atoms with Crippen LogP contribution < -0.4 is 5.32 Å². The van der Waals surface area contributed by atoms with E-state index in [1.165, 1.54) is 24.1 Å². The van der Waals surface area contributed by atoms with Gasteiger partial charge >= 0.3 is 0 Å². The van der Waals surface area contributed by atoms with Crippen LogP contribution in [0.4, 0.5) is 5.13 Å². The van der Waals surface area contributed by atoms with Crippen LogP contribution in [0, 0.1) is 0 Å². The topological polar surface area (TPSA) is 34.2 Å². The van der Waals surface area contributed by atoms with Gasteiger partial charge in [0.1, 0.15) is 0 Å². The number of nitrogens with zero attached hydrogens (tertiary/aromatic N) is 1. The van der Waals surface area contributed by atoms with E-state index in [0.717, 1.165) is 24.7 Å². The first-order valence-electron chi connectivity index (χ1n) is 5.68. The van der Waals surface area contributed by atoms with Gasteiger partial charge in [0.15, 0.2) is 5.13 Å². The predicted octanol–water partition coefficient (Wildman–Crippen LogP) is 3.03. The van der Waals surface area contributed by atoms with Crippen LogP contribution in [-0.4, -0.2) is 17.6 Å². The van der Waals surface area contributed by atoms with Gasteiger partial charge in [0, 0.05) is 12.7 Å². The lowest BCUT2D eigenvalue weighted by molar-refractivity contribution is -0.00750. The lowest BCUT2D eigenvalue weighted by Crippen LogP contribution is -2.20. The predicted molar refractivity (Wildman–Crippen MR) is 63.3 cm³/mol. The molecular formula is C11H18N2OS. The van der Waals surface area contributed by atoms with E-state index >= 15 is 0 Å². The van der Waals surface area contributed by atoms with Crippen LogP contribution in [0.1, 0.15) is 37.5 Å². The summed E-state index contributed by atoms with van der Waals surface area (Å²) in [5.74, 6) is 0. The Morgan fingerprint density at radius 2 is 2.47 bits per heavy atom. The van der Waals surface area contributed by atoms with Crippen molar-refractivity contribution in [1.29, 1.82) is 0 Å². The van der Waals surface area contributed by atoms with Crippen LogP contribution in [-0.2, 0) is 11.3 Å². The highest BCUT2D eigenvalue weighted by molar-refractivity contribution is 7.15. The van der Waals surface area contributed by atoms with Gasteiger partial charge in [0.2, 0.25) is 0 Å². The van der Waals surface area contributed by atoms with Crippen LogP contribution in [0.15, 0.2) is 6.20 Å². The Morgan fingerprint density at radius 3 is 3.13 bits per heavy atom. The molecule has 4 heteroatoms. The number of rotatable bonds is 6. The number of thiazole rings is 1. The smallest absolute Gasteiger partial charge is 0.182 e. The van der Waals surface area contributed by atoms with E-state index < -0.39 is 0 Å². The summed E-state index contributed by atoms with van der Waals surface area (Å²) in [7, 11) is 0. The number of nitrogens with one attached hydrogen (secondary N) is 1. The Morgan fingerprint density at radius 1 is 1.60 bits per heavy atom. The van der Waals surface area contributed by atoms with Gasteiger partial charge in [-0.1, -0.05) is 18.3 Å². The molecule has 1 fully saturated rings. The van der Waals surface area contributed by atoms with E-state index in [-0.39, 0.29) is 0 Å². The number of hydrogen-bond acceptors (Lipinski definition) is 4. The maximum atomic E-state index is 5.72. The molecular weight excluding hydrogens is 208 g/mol. The fourth-order valence-electron chi connectivity index (χ4n) is 1.43. The molecule has 0 bridgehead atoms. The van der Waals surface area contributed by atoms with Crippen molar-refractivity contribution in [3.05, 3.63) is 11.1 Å². The average Bonchev–Trinajstić information content (AvgIpc) is 2.60. The molecule has 1 aromatic heterocycles. The molecule has 0 saturated heterocycles. The highest BCUT2D eigenvalue weighted by Gasteiger charge is 2.17. The zero-order valence-electron chi connectivity index (χ0n) is 9.16. The standard InChI is InChI=1S/C11H18N2OS/c1-2-6-12-11-13-7-10(15-11)8-14-9-4-3-5-9/h7,9H,2-6,8H2,1H3,(H,12,13). The molecule has 0 radical (unpaired) electrons. The summed E-state index contributed by atoms with van der Waals surface area (Å²) in [6.45, 7) is 3.88. The molecule has 0 unspecified atom stereocenters. The Hall–Kier alpha value is -0.610. The zero-order chi connectivity index (χ0) is 10.5. The van der Waals surface area contributed by atoms with Crippen molar-refractivity contribution in [3.63, 3.8) is 0 Å². The Kier molecular flexibility index (Phi) is 3.97. The van der Waals surface area contributed by atoms with E-state index in [4.69, 9.17) is 4.74 Å². The third-order valence-electron chi connectivity index (χ3n) is 2.59. The van der Waals surface area contributed by atoms with Gasteiger partial charge in [-0.2, -0.15) is 0 Å². The van der Waals surface area contributed by atoms with Gasteiger partial charge in [0.05, 0.1) is 17.6 Å². The van der Waals surface area contributed by atoms with Gasteiger partial charge in [-0.3, -0.25) is 0 Å². The molecule has 2 rings (SSSR count). The molecule has 0 atom stereocenters. The van der Waals surface area contributed by atoms with E-state index in [1.807, 2.05) is 6.20 Å². The minimum absolute atomic E-state index is 0.513. The van der Waals surface area contributed by atoms with E-state index in [0.29, 0.717) is 6.10 Å². The Balaban J connectivity index is 1.73. The molecule has 1 saturated carbocycles. The number of ether oxygens (including phenoxy) is 1. The van der Waals surface area contributed by atoms with Crippen molar-refractivity contribution < 1.29 is 4.74 Å². The summed E-state index contributed by atoms with van der Waals surface area (Å²) in [6, 6.07) is 0. The summed E-state index contributed by atoms with van der Waals surface area (Å²) in [5.41, 5.74) is 0. The highest BCUT2D eigenvalue weighted by atomic mass is 32.1. The second-order valence-electron chi connectivity index (χ2n) is 3.92. The minimum atomic E-state index is 0.513. The molecule has 1 aromatic rings. The normalized spacial score (nSPS) is 16.3. The maximum absolute atomic E-state index is 5.72. The fourth-order valence-corrected chi connectivity index (χ4v) is 2.19. The molecule has 0 spiro atoms. The fraction of sp³-hybridized carbons (Fsp3) is 0.727. The molecule has 1 aliphatic rings. The number of anilines is 1. The Labute approximate surface area is 94.9 Å². The van der Waals surface area contributed by atoms with Crippen LogP contribution in [0.2, 0.25) is 0 Å². The minimum Gasteiger partial charge on any atom is -0.373 e. The summed E-state index contributed by atoms with van der Waals surface area (Å²) in [4.78, 5) is 5.53. The number of aromatic nitrogens is 1. The van der Waals surface area contributed by atoms with Crippen molar-refractivity contribution in [2.45, 2.75) is 45.3 Å². The largest absolute Gasteiger partial charge is 0.373 e. The molecule has 0 aliphatic heterocycles. The molecule has 3 nitrogen and oxygen atoms in total. The second kappa shape index (κ2) is 5.47. The average molecular weight is 226 g/mol. The molecule has 0 aromatic carbocycles. The SMILES string of the molecule is CCCNc1ncc(COC2CCC2)s1. The van der Waals surface area contributed by atoms with Crippen molar-refractivity contribution in [3.8, 4) is 0 Å². The Bertz CT molecular complexity index is 297. The summed E-state index contributed by atoms with van der Waals surface area (Å²) >= 11 is 1.70. The van der Waals surface area contributed by atoms with Crippen molar-refractivity contribution in [1.82, 2.24) is 4.98 Å². The third kappa shape index (κ3) is 3.18. The quantitative estimate of drug-likeness (QED) is 0.809. The van der Waals surface area contributed by atoms with Crippen LogP contribution in [0.25, 0.3) is 0 Å². The first-order chi connectivity index (χ1) is 7.38. The third-order valence-corrected chi connectivity index (χ3v) is 3.52. The first kappa shape index (κ1) is 10.9. The van der Waals surface area contributed by atoms with Crippen LogP contribution in [0.3, 0.4) is 0 Å². The monoisotopic (exact) mass is 226 g/mol. The molecule has 1 N–H and O–H groups in total. The van der Waals surface area contributed by atoms with Crippen LogP contribution in [0.5, 0.6) is 0 Å². The highest BCUT2D eigenvalue weighted by Crippen LogP contribution is 2.25. The second-order valence-corrected chi connectivity index (χ2v) is 5.04. The zero-order valence-corrected chi connectivity index (χ0v) is 9.98. The van der Waals surface area contributed by atoms with Gasteiger partial charge < -0.3 is 10.1 Å². The van der Waals surface area contributed by atoms with Crippen molar-refractivity contribution in [2.24, 2.45) is 0 Å². The molecule has 15 heavy (non-hydrogen) atoms. The number of hydrogen-bond donors (Lipinski definition) is 1. The van der Waals surface area contributed by atoms with E-state index in [2.05, 4.69) is 17.2 Å².